The number of carboxylic acid groups (broad SMARTS) is 1. The second-order valence-corrected chi connectivity index (χ2v) is 8.44. The minimum Gasteiger partial charge on any atom is -0.481 e. The number of ketones is 1. The number of carboxylic acids is 1. The molecule has 178 valence electrons. The van der Waals surface area contributed by atoms with Gasteiger partial charge in [-0.3, -0.25) is 9.59 Å². The summed E-state index contributed by atoms with van der Waals surface area (Å²) >= 11 is 0. The summed E-state index contributed by atoms with van der Waals surface area (Å²) in [6.07, 6.45) is 0.0445. The molecule has 2 aliphatic rings. The molecule has 0 saturated carbocycles. The largest absolute Gasteiger partial charge is 0.481 e. The van der Waals surface area contributed by atoms with Crippen molar-refractivity contribution in [3.05, 3.63) is 35.3 Å². The summed E-state index contributed by atoms with van der Waals surface area (Å²) < 4.78 is 45.9. The van der Waals surface area contributed by atoms with Crippen LogP contribution < -0.4 is 9.80 Å². The lowest BCUT2D eigenvalue weighted by Crippen LogP contribution is -2.36. The van der Waals surface area contributed by atoms with Crippen molar-refractivity contribution in [2.24, 2.45) is 5.92 Å². The van der Waals surface area contributed by atoms with Gasteiger partial charge in [0.25, 0.3) is 6.01 Å². The lowest BCUT2D eigenvalue weighted by Gasteiger charge is -2.31. The van der Waals surface area contributed by atoms with E-state index in [1.165, 1.54) is 6.20 Å². The SMILES string of the molecule is O=C(Cc1ccc(N2CCC(C(=O)O)CC2)nc1)c1oc(N2CCCCC2)nc1C(F)(F)F. The average Bonchev–Trinajstić information content (AvgIpc) is 3.27. The van der Waals surface area contributed by atoms with E-state index in [9.17, 15) is 22.8 Å². The van der Waals surface area contributed by atoms with E-state index in [1.54, 1.807) is 17.0 Å². The highest BCUT2D eigenvalue weighted by Crippen LogP contribution is 2.35. The Balaban J connectivity index is 1.45. The van der Waals surface area contributed by atoms with Crippen LogP contribution in [0.2, 0.25) is 0 Å². The fraction of sp³-hybridized carbons (Fsp3) is 0.545. The zero-order chi connectivity index (χ0) is 23.6. The van der Waals surface area contributed by atoms with Gasteiger partial charge in [-0.05, 0) is 43.7 Å². The van der Waals surface area contributed by atoms with Gasteiger partial charge in [-0.25, -0.2) is 4.98 Å². The zero-order valence-electron chi connectivity index (χ0n) is 18.0. The molecule has 33 heavy (non-hydrogen) atoms. The number of nitrogens with zero attached hydrogens (tertiary/aromatic N) is 4. The van der Waals surface area contributed by atoms with Gasteiger partial charge >= 0.3 is 12.1 Å². The van der Waals surface area contributed by atoms with Crippen molar-refractivity contribution in [1.82, 2.24) is 9.97 Å². The van der Waals surface area contributed by atoms with Gasteiger partial charge in [0.05, 0.1) is 5.92 Å². The number of hydrogen-bond donors (Lipinski definition) is 1. The molecule has 0 amide bonds. The number of anilines is 2. The predicted molar refractivity (Wildman–Crippen MR) is 112 cm³/mol. The Labute approximate surface area is 188 Å². The molecule has 0 aromatic carbocycles. The van der Waals surface area contributed by atoms with Gasteiger partial charge in [-0.2, -0.15) is 18.2 Å². The first-order valence-electron chi connectivity index (χ1n) is 11.0. The van der Waals surface area contributed by atoms with Crippen LogP contribution in [0.1, 0.15) is 53.9 Å². The summed E-state index contributed by atoms with van der Waals surface area (Å²) in [5.41, 5.74) is -0.841. The molecule has 2 fully saturated rings. The smallest absolute Gasteiger partial charge is 0.437 e. The quantitative estimate of drug-likeness (QED) is 0.642. The minimum atomic E-state index is -4.80. The maximum atomic E-state index is 13.5. The molecule has 2 saturated heterocycles. The van der Waals surface area contributed by atoms with Crippen LogP contribution >= 0.6 is 0 Å². The molecule has 0 radical (unpaired) electrons. The third-order valence-electron chi connectivity index (χ3n) is 6.11. The lowest BCUT2D eigenvalue weighted by molar-refractivity contribution is -0.142. The first-order valence-corrected chi connectivity index (χ1v) is 11.0. The van der Waals surface area contributed by atoms with Crippen molar-refractivity contribution in [2.45, 2.75) is 44.7 Å². The van der Waals surface area contributed by atoms with Crippen molar-refractivity contribution < 1.29 is 32.3 Å². The number of Topliss-reactive ketones (excluding diaryl/α,β-unsaturated/α-hetero) is 1. The van der Waals surface area contributed by atoms with Crippen molar-refractivity contribution in [2.75, 3.05) is 36.0 Å². The van der Waals surface area contributed by atoms with Crippen LogP contribution in [-0.4, -0.2) is 53.0 Å². The highest BCUT2D eigenvalue weighted by molar-refractivity contribution is 5.96. The van der Waals surface area contributed by atoms with E-state index in [2.05, 4.69) is 9.97 Å². The van der Waals surface area contributed by atoms with E-state index in [4.69, 9.17) is 9.52 Å². The van der Waals surface area contributed by atoms with E-state index < -0.39 is 29.4 Å². The summed E-state index contributed by atoms with van der Waals surface area (Å²) in [4.78, 5) is 35.3. The highest BCUT2D eigenvalue weighted by atomic mass is 19.4. The zero-order valence-corrected chi connectivity index (χ0v) is 18.0. The minimum absolute atomic E-state index is 0.163. The number of hydrogen-bond acceptors (Lipinski definition) is 7. The number of aromatic nitrogens is 2. The summed E-state index contributed by atoms with van der Waals surface area (Å²) in [5, 5.41) is 9.10. The number of halogens is 3. The molecule has 2 aliphatic heterocycles. The molecule has 11 heteroatoms. The summed E-state index contributed by atoms with van der Waals surface area (Å²) in [5.74, 6) is -2.11. The van der Waals surface area contributed by atoms with E-state index in [0.717, 1.165) is 19.3 Å². The Bertz CT molecular complexity index is 992. The van der Waals surface area contributed by atoms with Crippen LogP contribution in [-0.2, 0) is 17.4 Å². The van der Waals surface area contributed by atoms with Gasteiger partial charge in [0.1, 0.15) is 5.82 Å². The monoisotopic (exact) mass is 466 g/mol. The van der Waals surface area contributed by atoms with Gasteiger partial charge in [0.15, 0.2) is 5.69 Å². The Morgan fingerprint density at radius 3 is 2.33 bits per heavy atom. The van der Waals surface area contributed by atoms with Gasteiger partial charge in [-0.15, -0.1) is 0 Å². The Morgan fingerprint density at radius 1 is 1.06 bits per heavy atom. The van der Waals surface area contributed by atoms with Crippen LogP contribution in [0, 0.1) is 5.92 Å². The Kier molecular flexibility index (Phi) is 6.57. The molecular weight excluding hydrogens is 441 g/mol. The van der Waals surface area contributed by atoms with Crippen LogP contribution in [0.5, 0.6) is 0 Å². The average molecular weight is 466 g/mol. The molecule has 0 unspecified atom stereocenters. The number of piperidine rings is 2. The molecular formula is C22H25F3N4O4. The topological polar surface area (TPSA) is 99.8 Å². The number of carbonyl (C=O) groups excluding carboxylic acids is 1. The number of carbonyl (C=O) groups is 2. The predicted octanol–water partition coefficient (Wildman–Crippen LogP) is 3.81. The molecule has 4 rings (SSSR count). The van der Waals surface area contributed by atoms with E-state index in [-0.39, 0.29) is 18.4 Å². The summed E-state index contributed by atoms with van der Waals surface area (Å²) in [7, 11) is 0. The van der Waals surface area contributed by atoms with Crippen molar-refractivity contribution in [3.63, 3.8) is 0 Å². The normalized spacial score (nSPS) is 17.9. The molecule has 0 spiro atoms. The number of aliphatic carboxylic acids is 1. The van der Waals surface area contributed by atoms with Gasteiger partial charge in [-0.1, -0.05) is 6.07 Å². The molecule has 1 N–H and O–H groups in total. The van der Waals surface area contributed by atoms with Crippen molar-refractivity contribution in [3.8, 4) is 0 Å². The molecule has 2 aromatic heterocycles. The van der Waals surface area contributed by atoms with E-state index >= 15 is 0 Å². The third-order valence-corrected chi connectivity index (χ3v) is 6.11. The lowest BCUT2D eigenvalue weighted by atomic mass is 9.97. The number of alkyl halides is 3. The standard InChI is InChI=1S/C22H25F3N4O4/c23-22(24,25)19-18(33-21(27-19)29-8-2-1-3-9-29)16(30)12-14-4-5-17(26-13-14)28-10-6-15(7-11-28)20(31)32/h4-5,13,15H,1-3,6-12H2,(H,31,32). The highest BCUT2D eigenvalue weighted by Gasteiger charge is 2.41. The van der Waals surface area contributed by atoms with Crippen LogP contribution in [0.15, 0.2) is 22.7 Å². The fourth-order valence-electron chi connectivity index (χ4n) is 4.24. The van der Waals surface area contributed by atoms with Gasteiger partial charge < -0.3 is 19.3 Å². The molecule has 0 atom stereocenters. The second-order valence-electron chi connectivity index (χ2n) is 8.44. The first kappa shape index (κ1) is 23.1. The molecule has 0 bridgehead atoms. The molecule has 4 heterocycles. The number of rotatable bonds is 6. The Morgan fingerprint density at radius 2 is 1.76 bits per heavy atom. The van der Waals surface area contributed by atoms with Crippen LogP contribution in [0.4, 0.5) is 25.0 Å². The van der Waals surface area contributed by atoms with Crippen LogP contribution in [0.3, 0.4) is 0 Å². The maximum Gasteiger partial charge on any atom is 0.437 e. The van der Waals surface area contributed by atoms with Crippen molar-refractivity contribution >= 4 is 23.6 Å². The second kappa shape index (κ2) is 9.40. The third kappa shape index (κ3) is 5.28. The van der Waals surface area contributed by atoms with E-state index in [1.807, 2.05) is 4.90 Å². The first-order chi connectivity index (χ1) is 15.7. The molecule has 0 aliphatic carbocycles. The molecule has 8 nitrogen and oxygen atoms in total. The molecule has 2 aromatic rings. The van der Waals surface area contributed by atoms with Crippen molar-refractivity contribution in [1.29, 1.82) is 0 Å². The van der Waals surface area contributed by atoms with E-state index in [0.29, 0.717) is 50.4 Å². The Hall–Kier alpha value is -3.11. The fourth-order valence-corrected chi connectivity index (χ4v) is 4.24. The maximum absolute atomic E-state index is 13.5. The van der Waals surface area contributed by atoms with Crippen LogP contribution in [0.25, 0.3) is 0 Å². The summed E-state index contributed by atoms with van der Waals surface area (Å²) in [6.45, 7) is 2.18. The number of oxazole rings is 1. The number of pyridine rings is 1. The van der Waals surface area contributed by atoms with Gasteiger partial charge in [0, 0.05) is 38.8 Å². The van der Waals surface area contributed by atoms with Gasteiger partial charge in [0.2, 0.25) is 11.5 Å². The summed E-state index contributed by atoms with van der Waals surface area (Å²) in [6, 6.07) is 3.16.